The van der Waals surface area contributed by atoms with E-state index in [1.54, 1.807) is 6.92 Å². The summed E-state index contributed by atoms with van der Waals surface area (Å²) in [5.74, 6) is -1.27. The predicted octanol–water partition coefficient (Wildman–Crippen LogP) is 1.34. The minimum Gasteiger partial charge on any atom is -0.481 e. The highest BCUT2D eigenvalue weighted by Gasteiger charge is 2.39. The Morgan fingerprint density at radius 2 is 2.14 bits per heavy atom. The lowest BCUT2D eigenvalue weighted by Crippen LogP contribution is -2.53. The zero-order valence-corrected chi connectivity index (χ0v) is 12.6. The average molecular weight is 307 g/mol. The van der Waals surface area contributed by atoms with E-state index in [-0.39, 0.29) is 18.9 Å². The molecule has 0 spiro atoms. The van der Waals surface area contributed by atoms with Gasteiger partial charge in [0.05, 0.1) is 25.2 Å². The number of carbonyl (C=O) groups excluding carboxylic acids is 1. The van der Waals surface area contributed by atoms with Crippen molar-refractivity contribution in [3.05, 3.63) is 35.9 Å². The topological polar surface area (TPSA) is 84.9 Å². The molecule has 1 aliphatic rings. The Balaban J connectivity index is 1.88. The summed E-state index contributed by atoms with van der Waals surface area (Å²) in [5.41, 5.74) is 0.152. The molecule has 1 aromatic carbocycles. The van der Waals surface area contributed by atoms with Gasteiger partial charge >= 0.3 is 5.97 Å². The highest BCUT2D eigenvalue weighted by molar-refractivity contribution is 5.82. The SMILES string of the molecule is CC(OCc1ccccc1)C(=O)NC1(CC(=O)O)CCOC1. The number of hydrogen-bond donors (Lipinski definition) is 2. The largest absolute Gasteiger partial charge is 0.481 e. The number of ether oxygens (including phenoxy) is 2. The van der Waals surface area contributed by atoms with Crippen LogP contribution in [0.4, 0.5) is 0 Å². The van der Waals surface area contributed by atoms with Crippen LogP contribution in [-0.2, 0) is 25.7 Å². The fraction of sp³-hybridized carbons (Fsp3) is 0.500. The van der Waals surface area contributed by atoms with Gasteiger partial charge in [-0.1, -0.05) is 30.3 Å². The van der Waals surface area contributed by atoms with Crippen molar-refractivity contribution in [2.45, 2.75) is 38.0 Å². The van der Waals surface area contributed by atoms with Crippen LogP contribution in [0.5, 0.6) is 0 Å². The zero-order valence-electron chi connectivity index (χ0n) is 12.6. The van der Waals surface area contributed by atoms with Gasteiger partial charge in [0, 0.05) is 6.61 Å². The van der Waals surface area contributed by atoms with Crippen molar-refractivity contribution in [3.63, 3.8) is 0 Å². The number of nitrogens with one attached hydrogen (secondary N) is 1. The molecule has 1 fully saturated rings. The van der Waals surface area contributed by atoms with Crippen LogP contribution in [0.2, 0.25) is 0 Å². The molecule has 1 amide bonds. The maximum absolute atomic E-state index is 12.2. The molecule has 6 heteroatoms. The summed E-state index contributed by atoms with van der Waals surface area (Å²) in [5, 5.41) is 11.8. The molecule has 6 nitrogen and oxygen atoms in total. The van der Waals surface area contributed by atoms with Crippen molar-refractivity contribution >= 4 is 11.9 Å². The maximum atomic E-state index is 12.2. The second-order valence-electron chi connectivity index (χ2n) is 5.58. The molecule has 2 rings (SSSR count). The van der Waals surface area contributed by atoms with Crippen LogP contribution in [0.1, 0.15) is 25.3 Å². The van der Waals surface area contributed by atoms with Crippen molar-refractivity contribution < 1.29 is 24.2 Å². The lowest BCUT2D eigenvalue weighted by Gasteiger charge is -2.28. The molecular weight excluding hydrogens is 286 g/mol. The third-order valence-electron chi connectivity index (χ3n) is 3.69. The number of hydrogen-bond acceptors (Lipinski definition) is 4. The molecule has 1 aliphatic heterocycles. The van der Waals surface area contributed by atoms with Crippen LogP contribution >= 0.6 is 0 Å². The van der Waals surface area contributed by atoms with Gasteiger partial charge in [0.25, 0.3) is 0 Å². The van der Waals surface area contributed by atoms with Crippen LogP contribution in [0, 0.1) is 0 Å². The summed E-state index contributed by atoms with van der Waals surface area (Å²) in [6.07, 6.45) is -0.313. The van der Waals surface area contributed by atoms with Gasteiger partial charge < -0.3 is 19.9 Å². The van der Waals surface area contributed by atoms with Gasteiger partial charge in [-0.25, -0.2) is 0 Å². The van der Waals surface area contributed by atoms with Crippen LogP contribution in [-0.4, -0.2) is 41.8 Å². The minimum absolute atomic E-state index is 0.149. The minimum atomic E-state index is -0.955. The van der Waals surface area contributed by atoms with Crippen molar-refractivity contribution in [1.82, 2.24) is 5.32 Å². The maximum Gasteiger partial charge on any atom is 0.305 e. The molecule has 0 aromatic heterocycles. The Bertz CT molecular complexity index is 511. The Morgan fingerprint density at radius 3 is 2.73 bits per heavy atom. The van der Waals surface area contributed by atoms with Crippen LogP contribution < -0.4 is 5.32 Å². The van der Waals surface area contributed by atoms with Gasteiger partial charge in [0.1, 0.15) is 6.10 Å². The molecule has 120 valence electrons. The highest BCUT2D eigenvalue weighted by Crippen LogP contribution is 2.23. The van der Waals surface area contributed by atoms with Crippen LogP contribution in [0.15, 0.2) is 30.3 Å². The van der Waals surface area contributed by atoms with E-state index in [1.165, 1.54) is 0 Å². The number of carbonyl (C=O) groups is 2. The molecule has 0 saturated carbocycles. The predicted molar refractivity (Wildman–Crippen MR) is 79.3 cm³/mol. The number of aliphatic carboxylic acids is 1. The fourth-order valence-corrected chi connectivity index (χ4v) is 2.41. The van der Waals surface area contributed by atoms with E-state index >= 15 is 0 Å². The number of benzene rings is 1. The quantitative estimate of drug-likeness (QED) is 0.794. The normalized spacial score (nSPS) is 22.2. The van der Waals surface area contributed by atoms with Gasteiger partial charge in [-0.05, 0) is 18.9 Å². The van der Waals surface area contributed by atoms with E-state index in [2.05, 4.69) is 5.32 Å². The smallest absolute Gasteiger partial charge is 0.305 e. The van der Waals surface area contributed by atoms with Gasteiger partial charge in [-0.3, -0.25) is 9.59 Å². The zero-order chi connectivity index (χ0) is 16.0. The molecule has 1 aromatic rings. The Hall–Kier alpha value is -1.92. The van der Waals surface area contributed by atoms with Crippen molar-refractivity contribution in [2.75, 3.05) is 13.2 Å². The molecule has 2 unspecified atom stereocenters. The van der Waals surface area contributed by atoms with Crippen molar-refractivity contribution in [2.24, 2.45) is 0 Å². The van der Waals surface area contributed by atoms with Crippen molar-refractivity contribution in [1.29, 1.82) is 0 Å². The monoisotopic (exact) mass is 307 g/mol. The van der Waals surface area contributed by atoms with E-state index in [1.807, 2.05) is 30.3 Å². The van der Waals surface area contributed by atoms with E-state index < -0.39 is 17.6 Å². The summed E-state index contributed by atoms with van der Waals surface area (Å²) in [4.78, 5) is 23.2. The molecule has 0 bridgehead atoms. The Labute approximate surface area is 129 Å². The first-order valence-electron chi connectivity index (χ1n) is 7.28. The summed E-state index contributed by atoms with van der Waals surface area (Å²) >= 11 is 0. The second kappa shape index (κ2) is 7.38. The lowest BCUT2D eigenvalue weighted by molar-refractivity contribution is -0.140. The van der Waals surface area contributed by atoms with Crippen LogP contribution in [0.3, 0.4) is 0 Å². The summed E-state index contributed by atoms with van der Waals surface area (Å²) < 4.78 is 10.8. The summed E-state index contributed by atoms with van der Waals surface area (Å²) in [7, 11) is 0. The van der Waals surface area contributed by atoms with Crippen LogP contribution in [0.25, 0.3) is 0 Å². The molecule has 1 saturated heterocycles. The van der Waals surface area contributed by atoms with Crippen molar-refractivity contribution in [3.8, 4) is 0 Å². The Morgan fingerprint density at radius 1 is 1.41 bits per heavy atom. The van der Waals surface area contributed by atoms with E-state index in [9.17, 15) is 9.59 Å². The van der Waals surface area contributed by atoms with Gasteiger partial charge in [0.2, 0.25) is 5.91 Å². The van der Waals surface area contributed by atoms with E-state index in [0.717, 1.165) is 5.56 Å². The molecule has 0 radical (unpaired) electrons. The molecule has 2 atom stereocenters. The highest BCUT2D eigenvalue weighted by atomic mass is 16.5. The van der Waals surface area contributed by atoms with Gasteiger partial charge in [0.15, 0.2) is 0 Å². The van der Waals surface area contributed by atoms with E-state index in [4.69, 9.17) is 14.6 Å². The molecular formula is C16H21NO5. The molecule has 1 heterocycles. The standard InChI is InChI=1S/C16H21NO5/c1-12(22-10-13-5-3-2-4-6-13)15(20)17-16(9-14(18)19)7-8-21-11-16/h2-6,12H,7-11H2,1H3,(H,17,20)(H,18,19). The molecule has 2 N–H and O–H groups in total. The van der Waals surface area contributed by atoms with E-state index in [0.29, 0.717) is 19.6 Å². The molecule has 0 aliphatic carbocycles. The first-order valence-corrected chi connectivity index (χ1v) is 7.28. The Kier molecular flexibility index (Phi) is 5.51. The third-order valence-corrected chi connectivity index (χ3v) is 3.69. The molecule has 22 heavy (non-hydrogen) atoms. The lowest BCUT2D eigenvalue weighted by atomic mass is 9.94. The van der Waals surface area contributed by atoms with Gasteiger partial charge in [-0.15, -0.1) is 0 Å². The summed E-state index contributed by atoms with van der Waals surface area (Å²) in [6, 6.07) is 9.56. The van der Waals surface area contributed by atoms with Gasteiger partial charge in [-0.2, -0.15) is 0 Å². The first-order chi connectivity index (χ1) is 10.5. The average Bonchev–Trinajstić information content (AvgIpc) is 2.93. The first kappa shape index (κ1) is 16.5. The second-order valence-corrected chi connectivity index (χ2v) is 5.58. The number of carboxylic acid groups (broad SMARTS) is 1. The number of carboxylic acids is 1. The summed E-state index contributed by atoms with van der Waals surface area (Å²) in [6.45, 7) is 2.66. The fourth-order valence-electron chi connectivity index (χ4n) is 2.41. The number of amides is 1. The third kappa shape index (κ3) is 4.54. The number of rotatable bonds is 7.